The second kappa shape index (κ2) is 5.49. The van der Waals surface area contributed by atoms with E-state index in [1.807, 2.05) is 0 Å². The first-order chi connectivity index (χ1) is 8.56. The van der Waals surface area contributed by atoms with Crippen molar-refractivity contribution in [2.24, 2.45) is 5.73 Å². The number of nitrogens with one attached hydrogen (secondary N) is 2. The molecule has 1 aliphatic rings. The van der Waals surface area contributed by atoms with Crippen LogP contribution < -0.4 is 16.4 Å². The summed E-state index contributed by atoms with van der Waals surface area (Å²) in [5, 5.41) is 7.94. The minimum atomic E-state index is -0.499. The van der Waals surface area contributed by atoms with E-state index in [2.05, 4.69) is 17.6 Å². The Kier molecular flexibility index (Phi) is 3.98. The fraction of sp³-hybridized carbons (Fsp3) is 0.500. The molecule has 18 heavy (non-hydrogen) atoms. The third kappa shape index (κ3) is 3.08. The highest BCUT2D eigenvalue weighted by Gasteiger charge is 2.21. The zero-order valence-electron chi connectivity index (χ0n) is 10.2. The van der Waals surface area contributed by atoms with Gasteiger partial charge in [-0.25, -0.2) is 0 Å². The van der Waals surface area contributed by atoms with Gasteiger partial charge in [0, 0.05) is 17.5 Å². The van der Waals surface area contributed by atoms with Gasteiger partial charge in [0.05, 0.1) is 10.4 Å². The second-order valence-electron chi connectivity index (χ2n) is 4.61. The molecule has 1 aliphatic heterocycles. The van der Waals surface area contributed by atoms with Gasteiger partial charge in [0.1, 0.15) is 0 Å². The summed E-state index contributed by atoms with van der Waals surface area (Å²) in [7, 11) is 0. The van der Waals surface area contributed by atoms with Crippen LogP contribution in [-0.2, 0) is 0 Å². The van der Waals surface area contributed by atoms with E-state index in [4.69, 9.17) is 5.73 Å². The number of thiophene rings is 1. The summed E-state index contributed by atoms with van der Waals surface area (Å²) < 4.78 is 0. The van der Waals surface area contributed by atoms with Crippen LogP contribution in [0.5, 0.6) is 0 Å². The van der Waals surface area contributed by atoms with Crippen LogP contribution in [0.2, 0.25) is 0 Å². The number of amides is 2. The van der Waals surface area contributed by atoms with E-state index in [0.29, 0.717) is 16.5 Å². The summed E-state index contributed by atoms with van der Waals surface area (Å²) in [5.74, 6) is -0.618. The fourth-order valence-corrected chi connectivity index (χ4v) is 2.90. The summed E-state index contributed by atoms with van der Waals surface area (Å²) in [4.78, 5) is 23.5. The van der Waals surface area contributed by atoms with E-state index < -0.39 is 5.91 Å². The van der Waals surface area contributed by atoms with Crippen molar-refractivity contribution in [3.8, 4) is 0 Å². The first-order valence-electron chi connectivity index (χ1n) is 5.99. The first-order valence-corrected chi connectivity index (χ1v) is 6.87. The lowest BCUT2D eigenvalue weighted by molar-refractivity contribution is 0.0929. The summed E-state index contributed by atoms with van der Waals surface area (Å²) >= 11 is 1.25. The minimum Gasteiger partial charge on any atom is -0.366 e. The van der Waals surface area contributed by atoms with Crippen molar-refractivity contribution >= 4 is 23.2 Å². The topological polar surface area (TPSA) is 84.2 Å². The molecule has 98 valence electrons. The molecule has 2 amide bonds. The lowest BCUT2D eigenvalue weighted by atomic mass is 10.0. The standard InChI is InChI=1S/C12H17N3O2S/c1-7-4-9(2-3-14-7)15-12(17)10-5-8(6-18-10)11(13)16/h5-7,9,14H,2-4H2,1H3,(H2,13,16)(H,15,17). The SMILES string of the molecule is CC1CC(NC(=O)c2cc(C(N)=O)cs2)CCN1. The van der Waals surface area contributed by atoms with E-state index in [9.17, 15) is 9.59 Å². The van der Waals surface area contributed by atoms with Gasteiger partial charge in [-0.3, -0.25) is 9.59 Å². The van der Waals surface area contributed by atoms with Crippen molar-refractivity contribution in [2.75, 3.05) is 6.54 Å². The molecule has 1 saturated heterocycles. The number of primary amides is 1. The number of nitrogens with two attached hydrogens (primary N) is 1. The van der Waals surface area contributed by atoms with Crippen molar-refractivity contribution in [2.45, 2.75) is 31.8 Å². The van der Waals surface area contributed by atoms with Crippen LogP contribution >= 0.6 is 11.3 Å². The van der Waals surface area contributed by atoms with Crippen LogP contribution in [0.1, 0.15) is 39.8 Å². The third-order valence-corrected chi connectivity index (χ3v) is 4.00. The van der Waals surface area contributed by atoms with E-state index in [1.54, 1.807) is 11.4 Å². The Bertz CT molecular complexity index is 458. The minimum absolute atomic E-state index is 0.119. The van der Waals surface area contributed by atoms with Crippen LogP contribution in [-0.4, -0.2) is 30.4 Å². The van der Waals surface area contributed by atoms with Crippen molar-refractivity contribution in [3.63, 3.8) is 0 Å². The van der Waals surface area contributed by atoms with Gasteiger partial charge < -0.3 is 16.4 Å². The molecule has 0 aliphatic carbocycles. The number of carbonyl (C=O) groups excluding carboxylic acids is 2. The molecule has 1 aromatic rings. The van der Waals surface area contributed by atoms with Gasteiger partial charge >= 0.3 is 0 Å². The summed E-state index contributed by atoms with van der Waals surface area (Å²) in [5.41, 5.74) is 5.55. The molecule has 6 heteroatoms. The van der Waals surface area contributed by atoms with Crippen molar-refractivity contribution in [1.82, 2.24) is 10.6 Å². The predicted molar refractivity (Wildman–Crippen MR) is 70.8 cm³/mol. The average Bonchev–Trinajstić information content (AvgIpc) is 2.78. The van der Waals surface area contributed by atoms with Gasteiger partial charge in [-0.2, -0.15) is 0 Å². The maximum Gasteiger partial charge on any atom is 0.261 e. The molecule has 5 nitrogen and oxygen atoms in total. The summed E-state index contributed by atoms with van der Waals surface area (Å²) in [6, 6.07) is 2.17. The van der Waals surface area contributed by atoms with Crippen LogP contribution in [0, 0.1) is 0 Å². The molecule has 0 saturated carbocycles. The molecule has 2 heterocycles. The third-order valence-electron chi connectivity index (χ3n) is 3.07. The van der Waals surface area contributed by atoms with Gasteiger partial charge in [0.2, 0.25) is 5.91 Å². The Morgan fingerprint density at radius 2 is 2.33 bits per heavy atom. The van der Waals surface area contributed by atoms with E-state index >= 15 is 0 Å². The number of piperidine rings is 1. The molecule has 2 rings (SSSR count). The van der Waals surface area contributed by atoms with Gasteiger partial charge in [0.15, 0.2) is 0 Å². The van der Waals surface area contributed by atoms with E-state index in [0.717, 1.165) is 19.4 Å². The highest BCUT2D eigenvalue weighted by molar-refractivity contribution is 7.12. The highest BCUT2D eigenvalue weighted by atomic mass is 32.1. The Balaban J connectivity index is 1.96. The molecule has 1 aromatic heterocycles. The monoisotopic (exact) mass is 267 g/mol. The van der Waals surface area contributed by atoms with E-state index in [1.165, 1.54) is 11.3 Å². The molecular weight excluding hydrogens is 250 g/mol. The molecule has 4 N–H and O–H groups in total. The normalized spacial score (nSPS) is 23.6. The lowest BCUT2D eigenvalue weighted by Gasteiger charge is -2.28. The number of hydrogen-bond acceptors (Lipinski definition) is 4. The Hall–Kier alpha value is -1.40. The maximum absolute atomic E-state index is 12.0. The van der Waals surface area contributed by atoms with Crippen molar-refractivity contribution < 1.29 is 9.59 Å². The molecular formula is C12H17N3O2S. The average molecular weight is 267 g/mol. The number of rotatable bonds is 3. The molecule has 0 aromatic carbocycles. The maximum atomic E-state index is 12.0. The van der Waals surface area contributed by atoms with Crippen molar-refractivity contribution in [3.05, 3.63) is 21.9 Å². The first kappa shape index (κ1) is 13.0. The Morgan fingerprint density at radius 3 is 2.94 bits per heavy atom. The number of hydrogen-bond donors (Lipinski definition) is 3. The largest absolute Gasteiger partial charge is 0.366 e. The van der Waals surface area contributed by atoms with Crippen molar-refractivity contribution in [1.29, 1.82) is 0 Å². The second-order valence-corrected chi connectivity index (χ2v) is 5.53. The number of carbonyl (C=O) groups is 2. The molecule has 2 atom stereocenters. The quantitative estimate of drug-likeness (QED) is 0.754. The Labute approximate surface area is 110 Å². The summed E-state index contributed by atoms with van der Waals surface area (Å²) in [6.45, 7) is 3.03. The van der Waals surface area contributed by atoms with Gasteiger partial charge in [-0.05, 0) is 32.4 Å². The molecule has 0 spiro atoms. The van der Waals surface area contributed by atoms with Crippen LogP contribution in [0.3, 0.4) is 0 Å². The molecule has 2 unspecified atom stereocenters. The van der Waals surface area contributed by atoms with Gasteiger partial charge in [-0.15, -0.1) is 11.3 Å². The molecule has 1 fully saturated rings. The van der Waals surface area contributed by atoms with Gasteiger partial charge in [0.25, 0.3) is 5.91 Å². The lowest BCUT2D eigenvalue weighted by Crippen LogP contribution is -2.46. The fourth-order valence-electron chi connectivity index (χ4n) is 2.10. The molecule has 0 bridgehead atoms. The zero-order chi connectivity index (χ0) is 13.1. The zero-order valence-corrected chi connectivity index (χ0v) is 11.0. The van der Waals surface area contributed by atoms with Crippen LogP contribution in [0.4, 0.5) is 0 Å². The highest BCUT2D eigenvalue weighted by Crippen LogP contribution is 2.15. The van der Waals surface area contributed by atoms with Gasteiger partial charge in [-0.1, -0.05) is 0 Å². The van der Waals surface area contributed by atoms with Crippen LogP contribution in [0.15, 0.2) is 11.4 Å². The summed E-state index contributed by atoms with van der Waals surface area (Å²) in [6.07, 6.45) is 1.87. The predicted octanol–water partition coefficient (Wildman–Crippen LogP) is 0.717. The Morgan fingerprint density at radius 1 is 1.56 bits per heavy atom. The van der Waals surface area contributed by atoms with Crippen LogP contribution in [0.25, 0.3) is 0 Å². The molecule has 0 radical (unpaired) electrons. The van der Waals surface area contributed by atoms with E-state index in [-0.39, 0.29) is 11.9 Å². The smallest absolute Gasteiger partial charge is 0.261 e.